The van der Waals surface area contributed by atoms with Crippen LogP contribution in [0.2, 0.25) is 0 Å². The van der Waals surface area contributed by atoms with Crippen LogP contribution in [0.25, 0.3) is 0 Å². The van der Waals surface area contributed by atoms with Crippen molar-refractivity contribution in [2.24, 2.45) is 0 Å². The van der Waals surface area contributed by atoms with Crippen LogP contribution in [0.3, 0.4) is 0 Å². The molecule has 6 nitrogen and oxygen atoms in total. The largest absolute Gasteiger partial charge is 0.496 e. The summed E-state index contributed by atoms with van der Waals surface area (Å²) in [5.74, 6) is -0.443. The normalized spacial score (nSPS) is 12.6. The Kier molecular flexibility index (Phi) is 6.18. The lowest BCUT2D eigenvalue weighted by molar-refractivity contribution is 0.0642. The van der Waals surface area contributed by atoms with Crippen LogP contribution in [0, 0.1) is 0 Å². The van der Waals surface area contributed by atoms with Gasteiger partial charge in [-0.05, 0) is 41.3 Å². The van der Waals surface area contributed by atoms with Gasteiger partial charge in [-0.1, -0.05) is 30.3 Å². The highest BCUT2D eigenvalue weighted by molar-refractivity contribution is 7.09. The molecule has 0 bridgehead atoms. The molecule has 3 amide bonds. The predicted octanol–water partition coefficient (Wildman–Crippen LogP) is 4.38. The molecule has 1 aromatic heterocycles. The van der Waals surface area contributed by atoms with E-state index in [1.807, 2.05) is 17.5 Å². The van der Waals surface area contributed by atoms with Gasteiger partial charge in [-0.25, -0.2) is 0 Å². The van der Waals surface area contributed by atoms with Crippen molar-refractivity contribution in [1.82, 2.24) is 9.80 Å². The Morgan fingerprint density at radius 3 is 2.41 bits per heavy atom. The molecule has 0 saturated carbocycles. The molecule has 0 fully saturated rings. The maximum absolute atomic E-state index is 13.4. The minimum Gasteiger partial charge on any atom is -0.496 e. The second-order valence-electron chi connectivity index (χ2n) is 7.33. The molecule has 162 valence electrons. The molecule has 0 N–H and O–H groups in total. The molecule has 0 saturated heterocycles. The maximum atomic E-state index is 13.4. The average Bonchev–Trinajstić information content (AvgIpc) is 3.41. The van der Waals surface area contributed by atoms with Gasteiger partial charge in [0.05, 0.1) is 36.9 Å². The van der Waals surface area contributed by atoms with Crippen molar-refractivity contribution in [3.05, 3.63) is 99.8 Å². The molecule has 0 aliphatic carbocycles. The second-order valence-corrected chi connectivity index (χ2v) is 8.36. The van der Waals surface area contributed by atoms with Gasteiger partial charge in [-0.3, -0.25) is 19.3 Å². The van der Waals surface area contributed by atoms with E-state index in [2.05, 4.69) is 6.58 Å². The van der Waals surface area contributed by atoms with Crippen LogP contribution in [0.15, 0.2) is 72.6 Å². The summed E-state index contributed by atoms with van der Waals surface area (Å²) in [6.07, 6.45) is 1.68. The van der Waals surface area contributed by atoms with E-state index in [0.29, 0.717) is 41.1 Å². The lowest BCUT2D eigenvalue weighted by Gasteiger charge is -2.22. The van der Waals surface area contributed by atoms with E-state index in [1.165, 1.54) is 12.0 Å². The predicted molar refractivity (Wildman–Crippen MR) is 123 cm³/mol. The van der Waals surface area contributed by atoms with Crippen LogP contribution in [-0.2, 0) is 13.1 Å². The summed E-state index contributed by atoms with van der Waals surface area (Å²) < 4.78 is 5.43. The van der Waals surface area contributed by atoms with E-state index < -0.39 is 0 Å². The van der Waals surface area contributed by atoms with Crippen molar-refractivity contribution in [1.29, 1.82) is 0 Å². The van der Waals surface area contributed by atoms with Crippen LogP contribution < -0.4 is 4.74 Å². The lowest BCUT2D eigenvalue weighted by atomic mass is 10.1. The molecule has 0 spiro atoms. The number of fused-ring (bicyclic) bond motifs is 1. The molecule has 2 heterocycles. The summed E-state index contributed by atoms with van der Waals surface area (Å²) in [7, 11) is 1.51. The van der Waals surface area contributed by atoms with Crippen LogP contribution >= 0.6 is 11.3 Å². The van der Waals surface area contributed by atoms with E-state index >= 15 is 0 Å². The summed E-state index contributed by atoms with van der Waals surface area (Å²) >= 11 is 1.58. The number of rotatable bonds is 8. The van der Waals surface area contributed by atoms with Crippen molar-refractivity contribution in [3.63, 3.8) is 0 Å². The number of methoxy groups -OCH3 is 1. The van der Waals surface area contributed by atoms with Crippen LogP contribution in [0.4, 0.5) is 0 Å². The monoisotopic (exact) mass is 446 g/mol. The quantitative estimate of drug-likeness (QED) is 0.380. The smallest absolute Gasteiger partial charge is 0.261 e. The first-order valence-electron chi connectivity index (χ1n) is 10.1. The van der Waals surface area contributed by atoms with Gasteiger partial charge in [0.25, 0.3) is 17.7 Å². The molecule has 0 unspecified atom stereocenters. The third-order valence-corrected chi connectivity index (χ3v) is 6.14. The topological polar surface area (TPSA) is 66.9 Å². The molecule has 0 atom stereocenters. The van der Waals surface area contributed by atoms with E-state index in [0.717, 1.165) is 4.88 Å². The molecule has 1 aliphatic heterocycles. The summed E-state index contributed by atoms with van der Waals surface area (Å²) in [4.78, 5) is 42.8. The molecule has 3 aromatic rings. The highest BCUT2D eigenvalue weighted by atomic mass is 32.1. The fraction of sp³-hybridized carbons (Fsp3) is 0.160. The van der Waals surface area contributed by atoms with Gasteiger partial charge in [0.1, 0.15) is 5.75 Å². The van der Waals surface area contributed by atoms with Gasteiger partial charge in [0.2, 0.25) is 0 Å². The Morgan fingerprint density at radius 1 is 1.09 bits per heavy atom. The Labute approximate surface area is 190 Å². The number of carbonyl (C=O) groups is 3. The van der Waals surface area contributed by atoms with Crippen molar-refractivity contribution in [2.45, 2.75) is 13.1 Å². The second kappa shape index (κ2) is 9.20. The van der Waals surface area contributed by atoms with Gasteiger partial charge < -0.3 is 9.64 Å². The van der Waals surface area contributed by atoms with Crippen LogP contribution in [0.5, 0.6) is 5.75 Å². The Morgan fingerprint density at radius 2 is 1.81 bits per heavy atom. The number of amides is 3. The maximum Gasteiger partial charge on any atom is 0.261 e. The minimum absolute atomic E-state index is 0.0724. The SMILES string of the molecule is C=CCN(Cc1cccs1)C(=O)c1cc(CN2C(=O)c3ccccc3C2=O)ccc1OC. The molecule has 1 aliphatic rings. The van der Waals surface area contributed by atoms with Crippen LogP contribution in [0.1, 0.15) is 41.5 Å². The number of benzene rings is 2. The number of thiophene rings is 1. The molecular formula is C25H22N2O4S. The highest BCUT2D eigenvalue weighted by Crippen LogP contribution is 2.27. The Bertz CT molecular complexity index is 1150. The molecular weight excluding hydrogens is 424 g/mol. The summed E-state index contributed by atoms with van der Waals surface area (Å²) in [6.45, 7) is 4.67. The Hall–Kier alpha value is -3.71. The Balaban J connectivity index is 1.61. The van der Waals surface area contributed by atoms with Gasteiger partial charge in [0, 0.05) is 11.4 Å². The van der Waals surface area contributed by atoms with E-state index in [4.69, 9.17) is 4.74 Å². The zero-order valence-corrected chi connectivity index (χ0v) is 18.4. The molecule has 32 heavy (non-hydrogen) atoms. The van der Waals surface area contributed by atoms with Crippen molar-refractivity contribution < 1.29 is 19.1 Å². The fourth-order valence-electron chi connectivity index (χ4n) is 3.72. The van der Waals surface area contributed by atoms with E-state index in [-0.39, 0.29) is 24.3 Å². The number of ether oxygens (including phenoxy) is 1. The highest BCUT2D eigenvalue weighted by Gasteiger charge is 2.35. The lowest BCUT2D eigenvalue weighted by Crippen LogP contribution is -2.31. The first-order chi connectivity index (χ1) is 15.5. The third kappa shape index (κ3) is 4.07. The number of nitrogens with zero attached hydrogens (tertiary/aromatic N) is 2. The first kappa shape index (κ1) is 21.5. The zero-order valence-electron chi connectivity index (χ0n) is 17.6. The van der Waals surface area contributed by atoms with Crippen molar-refractivity contribution >= 4 is 29.1 Å². The number of hydrogen-bond donors (Lipinski definition) is 0. The summed E-state index contributed by atoms with van der Waals surface area (Å²) in [5, 5.41) is 1.97. The number of hydrogen-bond acceptors (Lipinski definition) is 5. The standard InChI is InChI=1S/C25H22N2O4S/c1-3-12-26(16-18-7-6-13-32-18)23(28)21-14-17(10-11-22(21)31-2)15-27-24(29)19-8-4-5-9-20(19)25(27)30/h3-11,13-14H,1,12,15-16H2,2H3. The van der Waals surface area contributed by atoms with Gasteiger partial charge >= 0.3 is 0 Å². The number of imide groups is 1. The van der Waals surface area contributed by atoms with Crippen LogP contribution in [-0.4, -0.2) is 41.2 Å². The summed E-state index contributed by atoms with van der Waals surface area (Å²) in [6, 6.07) is 15.8. The van der Waals surface area contributed by atoms with Gasteiger partial charge in [-0.2, -0.15) is 0 Å². The van der Waals surface area contributed by atoms with Gasteiger partial charge in [0.15, 0.2) is 0 Å². The average molecular weight is 447 g/mol. The summed E-state index contributed by atoms with van der Waals surface area (Å²) in [5.41, 5.74) is 1.84. The van der Waals surface area contributed by atoms with Gasteiger partial charge in [-0.15, -0.1) is 17.9 Å². The molecule has 0 radical (unpaired) electrons. The molecule has 7 heteroatoms. The number of carbonyl (C=O) groups excluding carboxylic acids is 3. The van der Waals surface area contributed by atoms with Crippen molar-refractivity contribution in [2.75, 3.05) is 13.7 Å². The van der Waals surface area contributed by atoms with E-state index in [9.17, 15) is 14.4 Å². The molecule has 2 aromatic carbocycles. The fourth-order valence-corrected chi connectivity index (χ4v) is 4.44. The zero-order chi connectivity index (χ0) is 22.7. The van der Waals surface area contributed by atoms with Crippen molar-refractivity contribution in [3.8, 4) is 5.75 Å². The van der Waals surface area contributed by atoms with E-state index in [1.54, 1.807) is 64.8 Å². The molecule has 4 rings (SSSR count). The minimum atomic E-state index is -0.333. The first-order valence-corrected chi connectivity index (χ1v) is 11.0. The third-order valence-electron chi connectivity index (χ3n) is 5.28.